The number of nitrogens with zero attached hydrogens (tertiary/aromatic N) is 4. The van der Waals surface area contributed by atoms with Crippen molar-refractivity contribution in [1.29, 1.82) is 0 Å². The van der Waals surface area contributed by atoms with Crippen molar-refractivity contribution in [1.82, 2.24) is 18.9 Å². The Hall–Kier alpha value is -6.26. The number of hydrogen-bond acceptors (Lipinski definition) is 2. The lowest BCUT2D eigenvalue weighted by Crippen LogP contribution is -2.04. The molecule has 10 rings (SSSR count). The minimum atomic E-state index is 0.656. The molecule has 0 amide bonds. The average molecular weight is 587 g/mol. The van der Waals surface area contributed by atoms with Gasteiger partial charge in [-0.1, -0.05) is 127 Å². The Morgan fingerprint density at radius 3 is 1.65 bits per heavy atom. The molecular weight excluding hydrogens is 560 g/mol. The second-order valence-electron chi connectivity index (χ2n) is 11.8. The van der Waals surface area contributed by atoms with E-state index in [1.54, 1.807) is 0 Å². The highest BCUT2D eigenvalue weighted by Crippen LogP contribution is 2.42. The molecular formula is C42H26N4. The molecule has 0 N–H and O–H groups in total. The Bertz CT molecular complexity index is 2730. The second-order valence-corrected chi connectivity index (χ2v) is 11.8. The van der Waals surface area contributed by atoms with Gasteiger partial charge in [0, 0.05) is 43.4 Å². The SMILES string of the molecule is c1ccc(-c2cc(-c3ccccc3)nc(-n3c4ccccc4c4ccc5c(c6ccccc6n6c7ccccc7cc56)c43)n2)cc1. The summed E-state index contributed by atoms with van der Waals surface area (Å²) < 4.78 is 4.70. The molecule has 0 fully saturated rings. The first-order chi connectivity index (χ1) is 22.8. The molecule has 214 valence electrons. The summed E-state index contributed by atoms with van der Waals surface area (Å²) in [7, 11) is 0. The van der Waals surface area contributed by atoms with Crippen molar-refractivity contribution in [3.8, 4) is 28.5 Å². The van der Waals surface area contributed by atoms with Crippen LogP contribution in [0.1, 0.15) is 0 Å². The quantitative estimate of drug-likeness (QED) is 0.193. The van der Waals surface area contributed by atoms with Gasteiger partial charge in [0.05, 0.1) is 39.0 Å². The molecule has 0 unspecified atom stereocenters. The van der Waals surface area contributed by atoms with Gasteiger partial charge in [-0.3, -0.25) is 4.57 Å². The summed E-state index contributed by atoms with van der Waals surface area (Å²) in [6.45, 7) is 0. The van der Waals surface area contributed by atoms with Gasteiger partial charge in [0.1, 0.15) is 0 Å². The van der Waals surface area contributed by atoms with Crippen molar-refractivity contribution >= 4 is 59.9 Å². The molecule has 46 heavy (non-hydrogen) atoms. The topological polar surface area (TPSA) is 35.1 Å². The summed E-state index contributed by atoms with van der Waals surface area (Å²) in [6, 6.07) is 55.8. The molecule has 0 bridgehead atoms. The van der Waals surface area contributed by atoms with Crippen LogP contribution < -0.4 is 0 Å². The van der Waals surface area contributed by atoms with Gasteiger partial charge >= 0.3 is 0 Å². The van der Waals surface area contributed by atoms with E-state index >= 15 is 0 Å². The van der Waals surface area contributed by atoms with Crippen LogP contribution in [0.4, 0.5) is 0 Å². The molecule has 0 aliphatic carbocycles. The molecule has 0 saturated heterocycles. The number of hydrogen-bond donors (Lipinski definition) is 0. The molecule has 0 spiro atoms. The minimum absolute atomic E-state index is 0.656. The lowest BCUT2D eigenvalue weighted by molar-refractivity contribution is 0.998. The van der Waals surface area contributed by atoms with Crippen LogP contribution in [0, 0.1) is 0 Å². The molecule has 4 aromatic heterocycles. The van der Waals surface area contributed by atoms with Crippen LogP contribution in [0.2, 0.25) is 0 Å². The predicted molar refractivity (Wildman–Crippen MR) is 191 cm³/mol. The third-order valence-corrected chi connectivity index (χ3v) is 9.29. The first-order valence-corrected chi connectivity index (χ1v) is 15.6. The van der Waals surface area contributed by atoms with Gasteiger partial charge in [0.25, 0.3) is 0 Å². The summed E-state index contributed by atoms with van der Waals surface area (Å²) in [5.41, 5.74) is 9.67. The van der Waals surface area contributed by atoms with E-state index in [1.165, 1.54) is 48.9 Å². The van der Waals surface area contributed by atoms with E-state index in [0.29, 0.717) is 5.95 Å². The number of para-hydroxylation sites is 3. The molecule has 6 aromatic carbocycles. The third-order valence-electron chi connectivity index (χ3n) is 9.29. The molecule has 0 atom stereocenters. The Morgan fingerprint density at radius 1 is 0.391 bits per heavy atom. The van der Waals surface area contributed by atoms with Gasteiger partial charge in [-0.25, -0.2) is 9.97 Å². The first kappa shape index (κ1) is 25.1. The van der Waals surface area contributed by atoms with E-state index < -0.39 is 0 Å². The van der Waals surface area contributed by atoms with E-state index in [9.17, 15) is 0 Å². The Balaban J connectivity index is 1.42. The monoisotopic (exact) mass is 586 g/mol. The van der Waals surface area contributed by atoms with Crippen molar-refractivity contribution in [2.45, 2.75) is 0 Å². The summed E-state index contributed by atoms with van der Waals surface area (Å²) in [4.78, 5) is 10.6. The van der Waals surface area contributed by atoms with Crippen molar-refractivity contribution in [2.75, 3.05) is 0 Å². The maximum absolute atomic E-state index is 5.30. The highest BCUT2D eigenvalue weighted by Gasteiger charge is 2.22. The second kappa shape index (κ2) is 9.62. The highest BCUT2D eigenvalue weighted by molar-refractivity contribution is 6.28. The summed E-state index contributed by atoms with van der Waals surface area (Å²) in [5, 5.41) is 7.20. The number of pyridine rings is 1. The molecule has 4 heterocycles. The van der Waals surface area contributed by atoms with E-state index in [-0.39, 0.29) is 0 Å². The Morgan fingerprint density at radius 2 is 0.935 bits per heavy atom. The van der Waals surface area contributed by atoms with Crippen molar-refractivity contribution in [3.63, 3.8) is 0 Å². The lowest BCUT2D eigenvalue weighted by Gasteiger charge is -2.15. The molecule has 0 saturated carbocycles. The largest absolute Gasteiger partial charge is 0.309 e. The standard InChI is InChI=1S/C42H26N4/c1-3-13-27(14-4-1)34-26-35(28-15-5-2-6-16-28)44-42(43-34)46-37-21-11-8-18-30(37)31-23-24-33-39-25-29-17-7-10-20-36(29)45(39)38-22-12-9-19-32(38)40(33)41(31)46/h1-26H. The van der Waals surface area contributed by atoms with Crippen LogP contribution in [0.5, 0.6) is 0 Å². The third kappa shape index (κ3) is 3.55. The zero-order chi connectivity index (χ0) is 30.2. The molecule has 4 heteroatoms. The summed E-state index contributed by atoms with van der Waals surface area (Å²) in [5.74, 6) is 0.656. The van der Waals surface area contributed by atoms with Crippen LogP contribution in [-0.2, 0) is 0 Å². The molecule has 4 nitrogen and oxygen atoms in total. The number of fused-ring (bicyclic) bond motifs is 12. The summed E-state index contributed by atoms with van der Waals surface area (Å²) in [6.07, 6.45) is 0. The number of rotatable bonds is 3. The fraction of sp³-hybridized carbons (Fsp3) is 0. The lowest BCUT2D eigenvalue weighted by atomic mass is 10.0. The van der Waals surface area contributed by atoms with Crippen molar-refractivity contribution in [3.05, 3.63) is 158 Å². The van der Waals surface area contributed by atoms with Crippen LogP contribution in [0.3, 0.4) is 0 Å². The fourth-order valence-electron chi connectivity index (χ4n) is 7.29. The maximum atomic E-state index is 5.30. The molecule has 0 aliphatic rings. The Kier molecular flexibility index (Phi) is 5.25. The van der Waals surface area contributed by atoms with Crippen LogP contribution in [0.25, 0.3) is 88.4 Å². The number of aromatic nitrogens is 4. The minimum Gasteiger partial charge on any atom is -0.309 e. The van der Waals surface area contributed by atoms with Gasteiger partial charge < -0.3 is 4.40 Å². The van der Waals surface area contributed by atoms with Crippen molar-refractivity contribution in [2.24, 2.45) is 0 Å². The van der Waals surface area contributed by atoms with E-state index in [4.69, 9.17) is 9.97 Å². The summed E-state index contributed by atoms with van der Waals surface area (Å²) >= 11 is 0. The van der Waals surface area contributed by atoms with Crippen LogP contribution in [0.15, 0.2) is 158 Å². The molecule has 0 aliphatic heterocycles. The van der Waals surface area contributed by atoms with Gasteiger partial charge in [-0.15, -0.1) is 0 Å². The van der Waals surface area contributed by atoms with Crippen molar-refractivity contribution < 1.29 is 0 Å². The maximum Gasteiger partial charge on any atom is 0.235 e. The van der Waals surface area contributed by atoms with Gasteiger partial charge in [-0.05, 0) is 30.3 Å². The van der Waals surface area contributed by atoms with Gasteiger partial charge in [0.15, 0.2) is 0 Å². The average Bonchev–Trinajstić information content (AvgIpc) is 3.69. The highest BCUT2D eigenvalue weighted by atomic mass is 15.2. The van der Waals surface area contributed by atoms with Crippen LogP contribution in [-0.4, -0.2) is 18.9 Å². The van der Waals surface area contributed by atoms with E-state index in [0.717, 1.165) is 33.5 Å². The Labute approximate surface area is 264 Å². The van der Waals surface area contributed by atoms with Gasteiger partial charge in [0.2, 0.25) is 5.95 Å². The zero-order valence-electron chi connectivity index (χ0n) is 24.8. The van der Waals surface area contributed by atoms with E-state index in [1.807, 2.05) is 12.1 Å². The fourth-order valence-corrected chi connectivity index (χ4v) is 7.29. The van der Waals surface area contributed by atoms with Crippen LogP contribution >= 0.6 is 0 Å². The molecule has 0 radical (unpaired) electrons. The van der Waals surface area contributed by atoms with Gasteiger partial charge in [-0.2, -0.15) is 0 Å². The normalized spacial score (nSPS) is 11.9. The molecule has 10 aromatic rings. The number of benzene rings is 6. The van der Waals surface area contributed by atoms with E-state index in [2.05, 4.69) is 155 Å². The smallest absolute Gasteiger partial charge is 0.235 e. The zero-order valence-corrected chi connectivity index (χ0v) is 24.8. The first-order valence-electron chi connectivity index (χ1n) is 15.6. The predicted octanol–water partition coefficient (Wildman–Crippen LogP) is 10.6.